The van der Waals surface area contributed by atoms with Gasteiger partial charge in [0.25, 0.3) is 0 Å². The van der Waals surface area contributed by atoms with Crippen molar-refractivity contribution in [2.24, 2.45) is 0 Å². The highest BCUT2D eigenvalue weighted by atomic mass is 35.5. The van der Waals surface area contributed by atoms with Crippen molar-refractivity contribution in [3.05, 3.63) is 27.7 Å². The molecule has 1 aromatic carbocycles. The van der Waals surface area contributed by atoms with Crippen LogP contribution in [-0.2, 0) is 10.0 Å². The van der Waals surface area contributed by atoms with E-state index in [4.69, 9.17) is 34.7 Å². The van der Waals surface area contributed by atoms with Gasteiger partial charge in [-0.2, -0.15) is 4.31 Å². The Morgan fingerprint density at radius 1 is 1.47 bits per heavy atom. The molecule has 1 rings (SSSR count). The van der Waals surface area contributed by atoms with Crippen LogP contribution in [0, 0.1) is 12.3 Å². The van der Waals surface area contributed by atoms with E-state index in [1.54, 1.807) is 0 Å². The molecule has 102 valence electrons. The van der Waals surface area contributed by atoms with Crippen molar-refractivity contribution in [1.29, 1.82) is 0 Å². The first kappa shape index (κ1) is 15.8. The van der Waals surface area contributed by atoms with E-state index >= 15 is 0 Å². The molecule has 0 aliphatic rings. The van der Waals surface area contributed by atoms with E-state index in [1.807, 2.05) is 0 Å². The molecule has 0 bridgehead atoms. The summed E-state index contributed by atoms with van der Waals surface area (Å²) in [5, 5.41) is 8.39. The van der Waals surface area contributed by atoms with Crippen molar-refractivity contribution >= 4 is 39.2 Å². The van der Waals surface area contributed by atoms with Crippen LogP contribution in [0.1, 0.15) is 10.4 Å². The quantitative estimate of drug-likeness (QED) is 0.860. The lowest BCUT2D eigenvalue weighted by molar-refractivity contribution is 0.0697. The van der Waals surface area contributed by atoms with Crippen LogP contribution >= 0.6 is 23.2 Å². The van der Waals surface area contributed by atoms with Crippen LogP contribution in [-0.4, -0.2) is 37.4 Å². The molecule has 19 heavy (non-hydrogen) atoms. The number of aromatic carboxylic acids is 1. The number of benzene rings is 1. The smallest absolute Gasteiger partial charge is 0.338 e. The maximum atomic E-state index is 12.1. The Kier molecular flexibility index (Phi) is 4.82. The fourth-order valence-corrected chi connectivity index (χ4v) is 3.28. The van der Waals surface area contributed by atoms with E-state index in [9.17, 15) is 13.2 Å². The van der Waals surface area contributed by atoms with Gasteiger partial charge in [0, 0.05) is 7.05 Å². The molecule has 0 spiro atoms. The van der Waals surface area contributed by atoms with Gasteiger partial charge in [0.05, 0.1) is 22.2 Å². The fourth-order valence-electron chi connectivity index (χ4n) is 1.31. The van der Waals surface area contributed by atoms with E-state index in [2.05, 4.69) is 5.92 Å². The van der Waals surface area contributed by atoms with E-state index in [1.165, 1.54) is 7.05 Å². The minimum Gasteiger partial charge on any atom is -0.478 e. The normalized spacial score (nSPS) is 11.3. The molecule has 0 unspecified atom stereocenters. The Balaban J connectivity index is 3.51. The summed E-state index contributed by atoms with van der Waals surface area (Å²) in [5.41, 5.74) is -0.460. The minimum atomic E-state index is -3.97. The van der Waals surface area contributed by atoms with Crippen molar-refractivity contribution in [3.8, 4) is 12.3 Å². The second-order valence-corrected chi connectivity index (χ2v) is 6.30. The van der Waals surface area contributed by atoms with Gasteiger partial charge < -0.3 is 5.11 Å². The molecule has 0 amide bonds. The van der Waals surface area contributed by atoms with Crippen molar-refractivity contribution in [2.75, 3.05) is 13.6 Å². The molecule has 0 atom stereocenters. The highest BCUT2D eigenvalue weighted by molar-refractivity contribution is 7.89. The number of sulfonamides is 1. The molecule has 0 saturated heterocycles. The highest BCUT2D eigenvalue weighted by Crippen LogP contribution is 2.32. The summed E-state index contributed by atoms with van der Waals surface area (Å²) in [6.07, 6.45) is 5.04. The molecule has 5 nitrogen and oxygen atoms in total. The van der Waals surface area contributed by atoms with Gasteiger partial charge in [0.15, 0.2) is 0 Å². The molecule has 0 aliphatic carbocycles. The predicted octanol–water partition coefficient (Wildman–Crippen LogP) is 1.95. The van der Waals surface area contributed by atoms with Crippen molar-refractivity contribution in [3.63, 3.8) is 0 Å². The first-order chi connectivity index (χ1) is 8.73. The number of carboxylic acids is 1. The highest BCUT2D eigenvalue weighted by Gasteiger charge is 2.27. The molecule has 0 saturated carbocycles. The van der Waals surface area contributed by atoms with Crippen LogP contribution < -0.4 is 0 Å². The lowest BCUT2D eigenvalue weighted by atomic mass is 10.2. The topological polar surface area (TPSA) is 74.7 Å². The first-order valence-corrected chi connectivity index (χ1v) is 7.04. The first-order valence-electron chi connectivity index (χ1n) is 4.84. The molecule has 0 fully saturated rings. The summed E-state index contributed by atoms with van der Waals surface area (Å²) in [5.74, 6) is 0.762. The molecule has 0 heterocycles. The van der Waals surface area contributed by atoms with Gasteiger partial charge in [-0.1, -0.05) is 29.1 Å². The van der Waals surface area contributed by atoms with E-state index in [0.29, 0.717) is 0 Å². The maximum Gasteiger partial charge on any atom is 0.338 e. The van der Waals surface area contributed by atoms with Gasteiger partial charge in [0.1, 0.15) is 4.90 Å². The van der Waals surface area contributed by atoms with Crippen LogP contribution in [0.25, 0.3) is 0 Å². The number of carbonyl (C=O) groups is 1. The van der Waals surface area contributed by atoms with E-state index in [-0.39, 0.29) is 16.5 Å². The van der Waals surface area contributed by atoms with Crippen molar-refractivity contribution in [1.82, 2.24) is 4.31 Å². The number of halogens is 2. The SMILES string of the molecule is C#CCN(C)S(=O)(=O)c1ccc(Cl)c(C(=O)O)c1Cl. The second kappa shape index (κ2) is 5.80. The molecule has 0 aliphatic heterocycles. The summed E-state index contributed by atoms with van der Waals surface area (Å²) in [6, 6.07) is 2.30. The number of rotatable bonds is 4. The second-order valence-electron chi connectivity index (χ2n) is 3.50. The Hall–Kier alpha value is -1.26. The number of hydrogen-bond acceptors (Lipinski definition) is 3. The standard InChI is InChI=1S/C11H9Cl2NO4S/c1-3-6-14(2)19(17,18)8-5-4-7(12)9(10(8)13)11(15)16/h1,4-5H,6H2,2H3,(H,15,16). The van der Waals surface area contributed by atoms with E-state index < -0.39 is 26.6 Å². The van der Waals surface area contributed by atoms with Gasteiger partial charge in [-0.25, -0.2) is 13.2 Å². The van der Waals surface area contributed by atoms with Crippen molar-refractivity contribution in [2.45, 2.75) is 4.90 Å². The third-order valence-electron chi connectivity index (χ3n) is 2.27. The van der Waals surface area contributed by atoms with Gasteiger partial charge in [0.2, 0.25) is 10.0 Å². The largest absolute Gasteiger partial charge is 0.478 e. The average Bonchev–Trinajstić information content (AvgIpc) is 2.28. The van der Waals surface area contributed by atoms with Gasteiger partial charge in [-0.3, -0.25) is 0 Å². The zero-order valence-electron chi connectivity index (χ0n) is 9.72. The van der Waals surface area contributed by atoms with Crippen LogP contribution in [0.2, 0.25) is 10.0 Å². The van der Waals surface area contributed by atoms with Crippen molar-refractivity contribution < 1.29 is 18.3 Å². The van der Waals surface area contributed by atoms with Gasteiger partial charge in [-0.05, 0) is 12.1 Å². The van der Waals surface area contributed by atoms with Crippen LogP contribution in [0.3, 0.4) is 0 Å². The monoisotopic (exact) mass is 321 g/mol. The summed E-state index contributed by atoms with van der Waals surface area (Å²) < 4.78 is 25.2. The minimum absolute atomic E-state index is 0.143. The average molecular weight is 322 g/mol. The summed E-state index contributed by atoms with van der Waals surface area (Å²) in [4.78, 5) is 10.7. The molecule has 8 heteroatoms. The predicted molar refractivity (Wildman–Crippen MR) is 72.1 cm³/mol. The zero-order valence-corrected chi connectivity index (χ0v) is 12.1. The van der Waals surface area contributed by atoms with Gasteiger partial charge in [-0.15, -0.1) is 6.42 Å². The Labute approximate surface area is 120 Å². The summed E-state index contributed by atoms with van der Waals surface area (Å²) >= 11 is 11.5. The molecule has 1 aromatic rings. The van der Waals surface area contributed by atoms with Crippen LogP contribution in [0.5, 0.6) is 0 Å². The van der Waals surface area contributed by atoms with E-state index in [0.717, 1.165) is 16.4 Å². The lowest BCUT2D eigenvalue weighted by Gasteiger charge is -2.16. The number of terminal acetylenes is 1. The Morgan fingerprint density at radius 3 is 2.53 bits per heavy atom. The molecule has 0 radical (unpaired) electrons. The molecular formula is C11H9Cl2NO4S. The number of carboxylic acid groups (broad SMARTS) is 1. The third kappa shape index (κ3) is 3.01. The lowest BCUT2D eigenvalue weighted by Crippen LogP contribution is -2.27. The Bertz CT molecular complexity index is 664. The van der Waals surface area contributed by atoms with Crippen LogP contribution in [0.15, 0.2) is 17.0 Å². The maximum absolute atomic E-state index is 12.1. The zero-order chi connectivity index (χ0) is 14.8. The molecular weight excluding hydrogens is 313 g/mol. The summed E-state index contributed by atoms with van der Waals surface area (Å²) in [7, 11) is -2.70. The Morgan fingerprint density at radius 2 is 2.05 bits per heavy atom. The third-order valence-corrected chi connectivity index (χ3v) is 4.94. The number of hydrogen-bond donors (Lipinski definition) is 1. The fraction of sp³-hybridized carbons (Fsp3) is 0.182. The number of nitrogens with zero attached hydrogens (tertiary/aromatic N) is 1. The summed E-state index contributed by atoms with van der Waals surface area (Å²) in [6.45, 7) is -0.163. The van der Waals surface area contributed by atoms with Gasteiger partial charge >= 0.3 is 5.97 Å². The van der Waals surface area contributed by atoms with Crippen LogP contribution in [0.4, 0.5) is 0 Å². The molecule has 0 aromatic heterocycles. The molecule has 1 N–H and O–H groups in total.